The number of aromatic nitrogens is 1. The number of aryl methyl sites for hydroxylation is 1. The fourth-order valence-electron chi connectivity index (χ4n) is 1.70. The summed E-state index contributed by atoms with van der Waals surface area (Å²) in [6, 6.07) is 5.52. The Morgan fingerprint density at radius 1 is 1.48 bits per heavy atom. The Bertz CT molecular complexity index is 701. The highest BCUT2D eigenvalue weighted by atomic mass is 32.1. The minimum absolute atomic E-state index is 0.207. The zero-order valence-corrected chi connectivity index (χ0v) is 13.3. The summed E-state index contributed by atoms with van der Waals surface area (Å²) in [5.41, 5.74) is 0.488. The van der Waals surface area contributed by atoms with Gasteiger partial charge in [0, 0.05) is 16.4 Å². The average molecular weight is 303 g/mol. The molecule has 5 nitrogen and oxygen atoms in total. The maximum atomic E-state index is 12.2. The minimum Gasteiger partial charge on any atom is -0.360 e. The third-order valence-electron chi connectivity index (χ3n) is 2.96. The van der Waals surface area contributed by atoms with Gasteiger partial charge in [0.05, 0.1) is 5.56 Å². The van der Waals surface area contributed by atoms with Crippen LogP contribution in [0.5, 0.6) is 0 Å². The molecule has 1 N–H and O–H groups in total. The molecule has 0 fully saturated rings. The van der Waals surface area contributed by atoms with Gasteiger partial charge in [-0.2, -0.15) is 5.26 Å². The largest absolute Gasteiger partial charge is 0.360 e. The quantitative estimate of drug-likeness (QED) is 0.937. The van der Waals surface area contributed by atoms with Gasteiger partial charge in [-0.1, -0.05) is 32.9 Å². The van der Waals surface area contributed by atoms with Crippen LogP contribution in [-0.4, -0.2) is 11.1 Å². The van der Waals surface area contributed by atoms with Gasteiger partial charge in [-0.3, -0.25) is 4.79 Å². The summed E-state index contributed by atoms with van der Waals surface area (Å²) in [5.74, 6) is 0.281. The number of nitrogens with one attached hydrogen (secondary N) is 1. The molecular weight excluding hydrogens is 286 g/mol. The molecule has 2 heterocycles. The average Bonchev–Trinajstić information content (AvgIpc) is 3.04. The van der Waals surface area contributed by atoms with Gasteiger partial charge in [0.15, 0.2) is 5.69 Å². The van der Waals surface area contributed by atoms with Gasteiger partial charge in [-0.15, -0.1) is 11.3 Å². The van der Waals surface area contributed by atoms with E-state index in [-0.39, 0.29) is 17.0 Å². The zero-order valence-electron chi connectivity index (χ0n) is 12.5. The van der Waals surface area contributed by atoms with E-state index in [0.717, 1.165) is 11.3 Å². The molecule has 2 aromatic heterocycles. The lowest BCUT2D eigenvalue weighted by Crippen LogP contribution is -2.12. The highest BCUT2D eigenvalue weighted by molar-refractivity contribution is 7.16. The number of carbonyl (C=O) groups is 1. The van der Waals surface area contributed by atoms with Gasteiger partial charge in [-0.05, 0) is 12.5 Å². The molecule has 0 aliphatic heterocycles. The molecule has 0 radical (unpaired) electrons. The Labute approximate surface area is 127 Å². The lowest BCUT2D eigenvalue weighted by Gasteiger charge is -2.12. The molecule has 0 spiro atoms. The van der Waals surface area contributed by atoms with E-state index >= 15 is 0 Å². The van der Waals surface area contributed by atoms with Crippen LogP contribution in [0.1, 0.15) is 54.4 Å². The number of hydrogen-bond acceptors (Lipinski definition) is 5. The Morgan fingerprint density at radius 3 is 2.71 bits per heavy atom. The van der Waals surface area contributed by atoms with Crippen LogP contribution < -0.4 is 5.32 Å². The van der Waals surface area contributed by atoms with Crippen LogP contribution in [0.3, 0.4) is 0 Å². The van der Waals surface area contributed by atoms with Crippen LogP contribution in [0.4, 0.5) is 5.00 Å². The summed E-state index contributed by atoms with van der Waals surface area (Å²) in [7, 11) is 0. The predicted molar refractivity (Wildman–Crippen MR) is 81.6 cm³/mol. The maximum Gasteiger partial charge on any atom is 0.278 e. The van der Waals surface area contributed by atoms with Crippen molar-refractivity contribution in [3.8, 4) is 6.07 Å². The Hall–Kier alpha value is -2.13. The molecule has 0 unspecified atom stereocenters. The topological polar surface area (TPSA) is 78.9 Å². The Morgan fingerprint density at radius 2 is 2.19 bits per heavy atom. The van der Waals surface area contributed by atoms with E-state index in [0.29, 0.717) is 16.3 Å². The number of nitrogens with zero attached hydrogens (tertiary/aromatic N) is 2. The lowest BCUT2D eigenvalue weighted by molar-refractivity contribution is 0.101. The van der Waals surface area contributed by atoms with Crippen molar-refractivity contribution >= 4 is 22.2 Å². The zero-order chi connectivity index (χ0) is 15.6. The fourth-order valence-corrected chi connectivity index (χ4v) is 2.64. The molecule has 6 heteroatoms. The number of anilines is 1. The molecular formula is C15H17N3O2S. The number of rotatable bonds is 3. The predicted octanol–water partition coefficient (Wildman–Crippen LogP) is 3.72. The van der Waals surface area contributed by atoms with Gasteiger partial charge in [0.1, 0.15) is 16.8 Å². The van der Waals surface area contributed by atoms with Crippen molar-refractivity contribution in [3.05, 3.63) is 34.0 Å². The molecule has 0 aliphatic carbocycles. The van der Waals surface area contributed by atoms with Crippen molar-refractivity contribution < 1.29 is 9.32 Å². The van der Waals surface area contributed by atoms with E-state index < -0.39 is 0 Å². The summed E-state index contributed by atoms with van der Waals surface area (Å²) >= 11 is 1.41. The first-order valence-corrected chi connectivity index (χ1v) is 7.48. The smallest absolute Gasteiger partial charge is 0.278 e. The SMILES string of the molecule is CCc1cc(C#N)c(NC(=O)c2cc(C(C)(C)C)on2)s1. The Balaban J connectivity index is 2.21. The van der Waals surface area contributed by atoms with E-state index in [1.165, 1.54) is 11.3 Å². The maximum absolute atomic E-state index is 12.2. The first kappa shape index (κ1) is 15.3. The number of hydrogen-bond donors (Lipinski definition) is 1. The second-order valence-corrected chi connectivity index (χ2v) is 6.84. The van der Waals surface area contributed by atoms with Crippen LogP contribution in [0, 0.1) is 11.3 Å². The van der Waals surface area contributed by atoms with Gasteiger partial charge in [-0.25, -0.2) is 0 Å². The normalized spacial score (nSPS) is 11.2. The van der Waals surface area contributed by atoms with Gasteiger partial charge >= 0.3 is 0 Å². The molecule has 0 aliphatic rings. The molecule has 1 amide bonds. The molecule has 110 valence electrons. The fraction of sp³-hybridized carbons (Fsp3) is 0.400. The van der Waals surface area contributed by atoms with Crippen molar-refractivity contribution in [2.75, 3.05) is 5.32 Å². The number of nitriles is 1. The van der Waals surface area contributed by atoms with Crippen molar-refractivity contribution in [3.63, 3.8) is 0 Å². The summed E-state index contributed by atoms with van der Waals surface area (Å²) in [4.78, 5) is 13.2. The van der Waals surface area contributed by atoms with Gasteiger partial charge < -0.3 is 9.84 Å². The van der Waals surface area contributed by atoms with E-state index in [1.807, 2.05) is 27.7 Å². The van der Waals surface area contributed by atoms with Crippen molar-refractivity contribution in [1.82, 2.24) is 5.16 Å². The highest BCUT2D eigenvalue weighted by Gasteiger charge is 2.23. The Kier molecular flexibility index (Phi) is 4.14. The molecule has 0 saturated carbocycles. The van der Waals surface area contributed by atoms with Crippen molar-refractivity contribution in [2.45, 2.75) is 39.5 Å². The molecule has 0 saturated heterocycles. The van der Waals surface area contributed by atoms with Crippen molar-refractivity contribution in [1.29, 1.82) is 5.26 Å². The first-order chi connectivity index (χ1) is 9.85. The highest BCUT2D eigenvalue weighted by Crippen LogP contribution is 2.29. The van der Waals surface area contributed by atoms with E-state index in [2.05, 4.69) is 16.5 Å². The molecule has 21 heavy (non-hydrogen) atoms. The van der Waals surface area contributed by atoms with Gasteiger partial charge in [0.2, 0.25) is 0 Å². The second-order valence-electron chi connectivity index (χ2n) is 5.70. The monoisotopic (exact) mass is 303 g/mol. The van der Waals surface area contributed by atoms with Gasteiger partial charge in [0.25, 0.3) is 5.91 Å². The summed E-state index contributed by atoms with van der Waals surface area (Å²) in [6.07, 6.45) is 0.827. The van der Waals surface area contributed by atoms with E-state index in [1.54, 1.807) is 12.1 Å². The number of carbonyl (C=O) groups excluding carboxylic acids is 1. The van der Waals surface area contributed by atoms with Crippen LogP contribution in [0.15, 0.2) is 16.7 Å². The van der Waals surface area contributed by atoms with Crippen LogP contribution in [-0.2, 0) is 11.8 Å². The van der Waals surface area contributed by atoms with Crippen LogP contribution >= 0.6 is 11.3 Å². The van der Waals surface area contributed by atoms with Crippen molar-refractivity contribution in [2.24, 2.45) is 0 Å². The molecule has 0 bridgehead atoms. The third-order valence-corrected chi connectivity index (χ3v) is 4.16. The first-order valence-electron chi connectivity index (χ1n) is 6.66. The molecule has 0 aromatic carbocycles. The minimum atomic E-state index is -0.366. The summed E-state index contributed by atoms with van der Waals surface area (Å²) in [6.45, 7) is 7.95. The second kappa shape index (κ2) is 5.70. The third kappa shape index (κ3) is 3.31. The van der Waals surface area contributed by atoms with E-state index in [4.69, 9.17) is 9.78 Å². The van der Waals surface area contributed by atoms with Crippen LogP contribution in [0.25, 0.3) is 0 Å². The lowest BCUT2D eigenvalue weighted by atomic mass is 9.93. The molecule has 2 rings (SSSR count). The standard InChI is InChI=1S/C15H17N3O2S/c1-5-10-6-9(8-16)14(21-10)17-13(19)11-7-12(20-18-11)15(2,3)4/h6-7H,5H2,1-4H3,(H,17,19). The van der Waals surface area contributed by atoms with Crippen LogP contribution in [0.2, 0.25) is 0 Å². The number of amides is 1. The molecule has 0 atom stereocenters. The summed E-state index contributed by atoms with van der Waals surface area (Å²) in [5, 5.41) is 16.2. The van der Waals surface area contributed by atoms with E-state index in [9.17, 15) is 4.79 Å². The summed E-state index contributed by atoms with van der Waals surface area (Å²) < 4.78 is 5.20. The molecule has 2 aromatic rings. The number of thiophene rings is 1.